The van der Waals surface area contributed by atoms with E-state index < -0.39 is 0 Å². The van der Waals surface area contributed by atoms with Gasteiger partial charge in [0.25, 0.3) is 0 Å². The lowest BCUT2D eigenvalue weighted by molar-refractivity contribution is 0.107. The summed E-state index contributed by atoms with van der Waals surface area (Å²) in [6, 6.07) is 8.88. The van der Waals surface area contributed by atoms with Gasteiger partial charge in [0.1, 0.15) is 5.75 Å². The Labute approximate surface area is 116 Å². The largest absolute Gasteiger partial charge is 0.497 e. The molecule has 1 aliphatic heterocycles. The molecule has 0 amide bonds. The van der Waals surface area contributed by atoms with Crippen LogP contribution in [0.4, 0.5) is 0 Å². The molecule has 1 aromatic rings. The van der Waals surface area contributed by atoms with Crippen LogP contribution in [0.15, 0.2) is 24.3 Å². The number of methoxy groups -OCH3 is 1. The van der Waals surface area contributed by atoms with Gasteiger partial charge in [-0.3, -0.25) is 0 Å². The van der Waals surface area contributed by atoms with Gasteiger partial charge in [0.2, 0.25) is 0 Å². The number of rotatable bonds is 7. The molecule has 2 rings (SSSR count). The van der Waals surface area contributed by atoms with Crippen molar-refractivity contribution in [3.05, 3.63) is 29.8 Å². The zero-order chi connectivity index (χ0) is 13.5. The summed E-state index contributed by atoms with van der Waals surface area (Å²) in [6.45, 7) is 4.18. The van der Waals surface area contributed by atoms with Crippen molar-refractivity contribution in [2.45, 2.75) is 44.8 Å². The standard InChI is InChI=1S/C16H25NO2/c1-13(17-12-16-4-3-11-19-16)5-6-14-7-9-15(18-2)10-8-14/h7-10,13,16-17H,3-6,11-12H2,1-2H3/t13-,16-/m1/s1. The Balaban J connectivity index is 1.65. The Hall–Kier alpha value is -1.06. The van der Waals surface area contributed by atoms with Crippen LogP contribution < -0.4 is 10.1 Å². The molecule has 106 valence electrons. The van der Waals surface area contributed by atoms with Gasteiger partial charge in [0, 0.05) is 19.2 Å². The topological polar surface area (TPSA) is 30.5 Å². The molecular formula is C16H25NO2. The average Bonchev–Trinajstić information content (AvgIpc) is 2.96. The van der Waals surface area contributed by atoms with E-state index in [1.54, 1.807) is 7.11 Å². The van der Waals surface area contributed by atoms with E-state index in [-0.39, 0.29) is 0 Å². The fourth-order valence-corrected chi connectivity index (χ4v) is 2.42. The van der Waals surface area contributed by atoms with Crippen LogP contribution in [-0.4, -0.2) is 32.4 Å². The molecule has 1 fully saturated rings. The third kappa shape index (κ3) is 4.84. The van der Waals surface area contributed by atoms with E-state index in [1.165, 1.54) is 18.4 Å². The summed E-state index contributed by atoms with van der Waals surface area (Å²) in [5.74, 6) is 0.924. The maximum absolute atomic E-state index is 5.62. The van der Waals surface area contributed by atoms with Gasteiger partial charge in [-0.1, -0.05) is 12.1 Å². The lowest BCUT2D eigenvalue weighted by Gasteiger charge is -2.17. The van der Waals surface area contributed by atoms with Crippen LogP contribution in [0, 0.1) is 0 Å². The molecule has 3 heteroatoms. The number of nitrogens with one attached hydrogen (secondary N) is 1. The summed E-state index contributed by atoms with van der Waals surface area (Å²) in [5, 5.41) is 3.57. The van der Waals surface area contributed by atoms with E-state index >= 15 is 0 Å². The molecule has 0 saturated carbocycles. The van der Waals surface area contributed by atoms with Crippen molar-refractivity contribution in [3.8, 4) is 5.75 Å². The molecule has 1 aromatic carbocycles. The molecule has 2 atom stereocenters. The van der Waals surface area contributed by atoms with Gasteiger partial charge >= 0.3 is 0 Å². The monoisotopic (exact) mass is 263 g/mol. The second-order valence-electron chi connectivity index (χ2n) is 5.33. The van der Waals surface area contributed by atoms with Gasteiger partial charge in [0.15, 0.2) is 0 Å². The number of ether oxygens (including phenoxy) is 2. The number of aryl methyl sites for hydroxylation is 1. The highest BCUT2D eigenvalue weighted by atomic mass is 16.5. The Bertz CT molecular complexity index is 358. The van der Waals surface area contributed by atoms with Crippen LogP contribution in [0.3, 0.4) is 0 Å². The van der Waals surface area contributed by atoms with Gasteiger partial charge in [0.05, 0.1) is 13.2 Å². The minimum Gasteiger partial charge on any atom is -0.497 e. The van der Waals surface area contributed by atoms with Crippen molar-refractivity contribution in [1.82, 2.24) is 5.32 Å². The summed E-state index contributed by atoms with van der Waals surface area (Å²) in [6.07, 6.45) is 5.11. The van der Waals surface area contributed by atoms with E-state index in [0.29, 0.717) is 12.1 Å². The van der Waals surface area contributed by atoms with Crippen LogP contribution in [-0.2, 0) is 11.2 Å². The second kappa shape index (κ2) is 7.51. The number of benzene rings is 1. The first-order chi connectivity index (χ1) is 9.28. The fraction of sp³-hybridized carbons (Fsp3) is 0.625. The van der Waals surface area contributed by atoms with E-state index in [2.05, 4.69) is 24.4 Å². The first-order valence-corrected chi connectivity index (χ1v) is 7.26. The molecule has 0 unspecified atom stereocenters. The van der Waals surface area contributed by atoms with Gasteiger partial charge in [-0.2, -0.15) is 0 Å². The molecule has 1 heterocycles. The molecule has 1 N–H and O–H groups in total. The smallest absolute Gasteiger partial charge is 0.118 e. The minimum absolute atomic E-state index is 0.434. The zero-order valence-electron chi connectivity index (χ0n) is 12.0. The average molecular weight is 263 g/mol. The third-order valence-corrected chi connectivity index (χ3v) is 3.74. The molecule has 1 saturated heterocycles. The quantitative estimate of drug-likeness (QED) is 0.820. The summed E-state index contributed by atoms with van der Waals surface area (Å²) in [7, 11) is 1.70. The van der Waals surface area contributed by atoms with Crippen molar-refractivity contribution >= 4 is 0 Å². The second-order valence-corrected chi connectivity index (χ2v) is 5.33. The molecule has 0 aromatic heterocycles. The van der Waals surface area contributed by atoms with Crippen LogP contribution in [0.5, 0.6) is 5.75 Å². The van der Waals surface area contributed by atoms with Gasteiger partial charge in [-0.15, -0.1) is 0 Å². The highest BCUT2D eigenvalue weighted by Crippen LogP contribution is 2.14. The summed E-state index contributed by atoms with van der Waals surface area (Å²) in [4.78, 5) is 0. The normalized spacial score (nSPS) is 20.4. The Morgan fingerprint density at radius 3 is 2.79 bits per heavy atom. The molecule has 0 bridgehead atoms. The Morgan fingerprint density at radius 2 is 2.16 bits per heavy atom. The van der Waals surface area contributed by atoms with Crippen molar-refractivity contribution in [3.63, 3.8) is 0 Å². The predicted molar refractivity (Wildman–Crippen MR) is 77.8 cm³/mol. The highest BCUT2D eigenvalue weighted by Gasteiger charge is 2.15. The molecule has 1 aliphatic rings. The summed E-state index contributed by atoms with van der Waals surface area (Å²) >= 11 is 0. The maximum Gasteiger partial charge on any atom is 0.118 e. The highest BCUT2D eigenvalue weighted by molar-refractivity contribution is 5.27. The van der Waals surface area contributed by atoms with Crippen molar-refractivity contribution in [2.75, 3.05) is 20.3 Å². The Morgan fingerprint density at radius 1 is 1.37 bits per heavy atom. The number of hydrogen-bond acceptors (Lipinski definition) is 3. The molecule has 0 aliphatic carbocycles. The zero-order valence-corrected chi connectivity index (χ0v) is 12.0. The minimum atomic E-state index is 0.434. The van der Waals surface area contributed by atoms with E-state index in [9.17, 15) is 0 Å². The molecule has 0 spiro atoms. The van der Waals surface area contributed by atoms with E-state index in [4.69, 9.17) is 9.47 Å². The van der Waals surface area contributed by atoms with Gasteiger partial charge in [-0.25, -0.2) is 0 Å². The van der Waals surface area contributed by atoms with Gasteiger partial charge in [-0.05, 0) is 50.3 Å². The fourth-order valence-electron chi connectivity index (χ4n) is 2.42. The van der Waals surface area contributed by atoms with Crippen LogP contribution in [0.2, 0.25) is 0 Å². The lowest BCUT2D eigenvalue weighted by atomic mass is 10.1. The maximum atomic E-state index is 5.62. The first-order valence-electron chi connectivity index (χ1n) is 7.26. The van der Waals surface area contributed by atoms with E-state index in [1.807, 2.05) is 12.1 Å². The molecule has 3 nitrogen and oxygen atoms in total. The lowest BCUT2D eigenvalue weighted by Crippen LogP contribution is -2.33. The third-order valence-electron chi connectivity index (χ3n) is 3.74. The van der Waals surface area contributed by atoms with Crippen molar-refractivity contribution < 1.29 is 9.47 Å². The van der Waals surface area contributed by atoms with Crippen LogP contribution >= 0.6 is 0 Å². The molecule has 0 radical (unpaired) electrons. The van der Waals surface area contributed by atoms with Gasteiger partial charge < -0.3 is 14.8 Å². The summed E-state index contributed by atoms with van der Waals surface area (Å²) < 4.78 is 10.8. The van der Waals surface area contributed by atoms with Crippen LogP contribution in [0.25, 0.3) is 0 Å². The van der Waals surface area contributed by atoms with E-state index in [0.717, 1.165) is 31.7 Å². The molecular weight excluding hydrogens is 238 g/mol. The van der Waals surface area contributed by atoms with Crippen molar-refractivity contribution in [1.29, 1.82) is 0 Å². The van der Waals surface area contributed by atoms with Crippen LogP contribution in [0.1, 0.15) is 31.7 Å². The summed E-state index contributed by atoms with van der Waals surface area (Å²) in [5.41, 5.74) is 1.37. The first kappa shape index (κ1) is 14.4. The number of hydrogen-bond donors (Lipinski definition) is 1. The molecule has 19 heavy (non-hydrogen) atoms. The Kier molecular flexibility index (Phi) is 5.67. The predicted octanol–water partition coefficient (Wildman–Crippen LogP) is 2.78. The van der Waals surface area contributed by atoms with Crippen molar-refractivity contribution in [2.24, 2.45) is 0 Å². The SMILES string of the molecule is COc1ccc(CC[C@@H](C)NC[C@H]2CCCO2)cc1.